The maximum absolute atomic E-state index is 12.7. The molecule has 4 rings (SSSR count). The van der Waals surface area contributed by atoms with Gasteiger partial charge in [-0.2, -0.15) is 0 Å². The van der Waals surface area contributed by atoms with E-state index in [1.54, 1.807) is 4.57 Å². The SMILES string of the molecule is Cc1cc2nc3n(c2cc1C)C(=O)CC(c1ccc(Cl)cc1)C3. The van der Waals surface area contributed by atoms with Gasteiger partial charge in [0.05, 0.1) is 11.0 Å². The third-order valence-corrected chi connectivity index (χ3v) is 5.03. The highest BCUT2D eigenvalue weighted by Gasteiger charge is 2.29. The van der Waals surface area contributed by atoms with Crippen LogP contribution in [0, 0.1) is 13.8 Å². The zero-order chi connectivity index (χ0) is 16.1. The smallest absolute Gasteiger partial charge is 0.233 e. The normalized spacial score (nSPS) is 17.5. The molecular formula is C19H17ClN2O. The Hall–Kier alpha value is -2.13. The highest BCUT2D eigenvalue weighted by Crippen LogP contribution is 2.33. The fourth-order valence-electron chi connectivity index (χ4n) is 3.36. The topological polar surface area (TPSA) is 34.9 Å². The molecule has 2 heterocycles. The van der Waals surface area contributed by atoms with Crippen molar-refractivity contribution in [3.05, 3.63) is 63.9 Å². The summed E-state index contributed by atoms with van der Waals surface area (Å²) in [5.41, 5.74) is 5.38. The summed E-state index contributed by atoms with van der Waals surface area (Å²) >= 11 is 5.96. The van der Waals surface area contributed by atoms with E-state index < -0.39 is 0 Å². The van der Waals surface area contributed by atoms with Crippen molar-refractivity contribution in [3.63, 3.8) is 0 Å². The largest absolute Gasteiger partial charge is 0.274 e. The molecule has 0 spiro atoms. The predicted molar refractivity (Wildman–Crippen MR) is 92.3 cm³/mol. The number of fused-ring (bicyclic) bond motifs is 3. The van der Waals surface area contributed by atoms with Crippen LogP contribution in [0.5, 0.6) is 0 Å². The van der Waals surface area contributed by atoms with Crippen molar-refractivity contribution >= 4 is 28.5 Å². The number of rotatable bonds is 1. The van der Waals surface area contributed by atoms with Crippen LogP contribution >= 0.6 is 11.6 Å². The van der Waals surface area contributed by atoms with Crippen molar-refractivity contribution in [2.75, 3.05) is 0 Å². The molecule has 3 aromatic rings. The van der Waals surface area contributed by atoms with E-state index in [2.05, 4.69) is 26.0 Å². The van der Waals surface area contributed by atoms with Crippen molar-refractivity contribution < 1.29 is 4.79 Å². The Labute approximate surface area is 139 Å². The molecule has 0 aliphatic carbocycles. The van der Waals surface area contributed by atoms with E-state index in [1.807, 2.05) is 24.3 Å². The van der Waals surface area contributed by atoms with E-state index in [-0.39, 0.29) is 11.8 Å². The van der Waals surface area contributed by atoms with Gasteiger partial charge in [-0.25, -0.2) is 4.98 Å². The third kappa shape index (κ3) is 2.36. The van der Waals surface area contributed by atoms with Gasteiger partial charge < -0.3 is 0 Å². The minimum atomic E-state index is 0.122. The average Bonchev–Trinajstić information content (AvgIpc) is 2.86. The van der Waals surface area contributed by atoms with Crippen LogP contribution in [-0.4, -0.2) is 15.5 Å². The fraction of sp³-hybridized carbons (Fsp3) is 0.263. The molecular weight excluding hydrogens is 308 g/mol. The Morgan fingerprint density at radius 2 is 1.78 bits per heavy atom. The minimum Gasteiger partial charge on any atom is -0.274 e. The lowest BCUT2D eigenvalue weighted by Crippen LogP contribution is -2.25. The van der Waals surface area contributed by atoms with E-state index >= 15 is 0 Å². The maximum atomic E-state index is 12.7. The van der Waals surface area contributed by atoms with Gasteiger partial charge in [-0.15, -0.1) is 0 Å². The zero-order valence-electron chi connectivity index (χ0n) is 13.1. The van der Waals surface area contributed by atoms with Gasteiger partial charge in [-0.3, -0.25) is 9.36 Å². The maximum Gasteiger partial charge on any atom is 0.233 e. The molecule has 1 aromatic heterocycles. The summed E-state index contributed by atoms with van der Waals surface area (Å²) in [5.74, 6) is 1.16. The molecule has 0 amide bonds. The van der Waals surface area contributed by atoms with Gasteiger partial charge in [0.25, 0.3) is 0 Å². The molecule has 3 nitrogen and oxygen atoms in total. The van der Waals surface area contributed by atoms with Crippen molar-refractivity contribution in [1.82, 2.24) is 9.55 Å². The quantitative estimate of drug-likeness (QED) is 0.651. The molecule has 0 bridgehead atoms. The van der Waals surface area contributed by atoms with Crippen LogP contribution in [0.3, 0.4) is 0 Å². The average molecular weight is 325 g/mol. The Kier molecular flexibility index (Phi) is 3.27. The number of hydrogen-bond acceptors (Lipinski definition) is 2. The summed E-state index contributed by atoms with van der Waals surface area (Å²) < 4.78 is 1.80. The Balaban J connectivity index is 1.80. The van der Waals surface area contributed by atoms with Gasteiger partial charge in [-0.1, -0.05) is 23.7 Å². The first-order chi connectivity index (χ1) is 11.0. The highest BCUT2D eigenvalue weighted by molar-refractivity contribution is 6.30. The lowest BCUT2D eigenvalue weighted by Gasteiger charge is -2.22. The highest BCUT2D eigenvalue weighted by atomic mass is 35.5. The minimum absolute atomic E-state index is 0.122. The first-order valence-electron chi connectivity index (χ1n) is 7.80. The Morgan fingerprint density at radius 3 is 2.52 bits per heavy atom. The third-order valence-electron chi connectivity index (χ3n) is 4.78. The molecule has 23 heavy (non-hydrogen) atoms. The van der Waals surface area contributed by atoms with Crippen LogP contribution in [0.4, 0.5) is 0 Å². The van der Waals surface area contributed by atoms with E-state index in [1.165, 1.54) is 11.1 Å². The van der Waals surface area contributed by atoms with Gasteiger partial charge in [-0.05, 0) is 60.7 Å². The fourth-order valence-corrected chi connectivity index (χ4v) is 3.49. The van der Waals surface area contributed by atoms with E-state index in [0.29, 0.717) is 11.4 Å². The van der Waals surface area contributed by atoms with Crippen LogP contribution in [0.1, 0.15) is 39.6 Å². The number of halogens is 1. The van der Waals surface area contributed by atoms with Crippen LogP contribution in [-0.2, 0) is 6.42 Å². The van der Waals surface area contributed by atoms with Crippen LogP contribution in [0.15, 0.2) is 36.4 Å². The first-order valence-corrected chi connectivity index (χ1v) is 8.18. The second-order valence-electron chi connectivity index (χ2n) is 6.34. The van der Waals surface area contributed by atoms with Crippen LogP contribution in [0.25, 0.3) is 11.0 Å². The number of imidazole rings is 1. The summed E-state index contributed by atoms with van der Waals surface area (Å²) in [4.78, 5) is 17.4. The molecule has 0 radical (unpaired) electrons. The van der Waals surface area contributed by atoms with Crippen molar-refractivity contribution in [2.45, 2.75) is 32.6 Å². The molecule has 116 valence electrons. The van der Waals surface area contributed by atoms with E-state index in [0.717, 1.165) is 28.8 Å². The molecule has 0 saturated carbocycles. The summed E-state index contributed by atoms with van der Waals surface area (Å²) in [6.07, 6.45) is 1.28. The van der Waals surface area contributed by atoms with Gasteiger partial charge in [0, 0.05) is 17.9 Å². The Bertz CT molecular complexity index is 925. The van der Waals surface area contributed by atoms with Crippen molar-refractivity contribution in [1.29, 1.82) is 0 Å². The number of carbonyl (C=O) groups is 1. The number of benzene rings is 2. The summed E-state index contributed by atoms with van der Waals surface area (Å²) in [7, 11) is 0. The van der Waals surface area contributed by atoms with Gasteiger partial charge >= 0.3 is 0 Å². The standard InChI is InChI=1S/C19H17ClN2O/c1-11-7-16-17(8-12(11)2)22-18(21-16)9-14(10-19(22)23)13-3-5-15(20)6-4-13/h3-8,14H,9-10H2,1-2H3. The zero-order valence-corrected chi connectivity index (χ0v) is 13.9. The number of aromatic nitrogens is 2. The van der Waals surface area contributed by atoms with Crippen LogP contribution in [0.2, 0.25) is 5.02 Å². The van der Waals surface area contributed by atoms with Crippen LogP contribution < -0.4 is 0 Å². The molecule has 0 fully saturated rings. The van der Waals surface area contributed by atoms with Crippen molar-refractivity contribution in [2.24, 2.45) is 0 Å². The predicted octanol–water partition coefficient (Wildman–Crippen LogP) is 4.68. The van der Waals surface area contributed by atoms with Crippen molar-refractivity contribution in [3.8, 4) is 0 Å². The molecule has 0 saturated heterocycles. The van der Waals surface area contributed by atoms with Gasteiger partial charge in [0.2, 0.25) is 5.91 Å². The molecule has 4 heteroatoms. The second kappa shape index (κ2) is 5.20. The summed E-state index contributed by atoms with van der Waals surface area (Å²) in [6, 6.07) is 11.9. The number of hydrogen-bond donors (Lipinski definition) is 0. The lowest BCUT2D eigenvalue weighted by molar-refractivity contribution is 0.0877. The number of nitrogens with zero attached hydrogens (tertiary/aromatic N) is 2. The molecule has 0 N–H and O–H groups in total. The summed E-state index contributed by atoms with van der Waals surface area (Å²) in [6.45, 7) is 4.14. The molecule has 1 aliphatic rings. The molecule has 1 unspecified atom stereocenters. The van der Waals surface area contributed by atoms with Gasteiger partial charge in [0.1, 0.15) is 5.82 Å². The molecule has 2 aromatic carbocycles. The Morgan fingerprint density at radius 1 is 1.09 bits per heavy atom. The second-order valence-corrected chi connectivity index (χ2v) is 6.78. The lowest BCUT2D eigenvalue weighted by atomic mass is 9.89. The first kappa shape index (κ1) is 14.5. The monoisotopic (exact) mass is 324 g/mol. The number of carbonyl (C=O) groups excluding carboxylic acids is 1. The summed E-state index contributed by atoms with van der Waals surface area (Å²) in [5, 5.41) is 0.717. The molecule has 1 aliphatic heterocycles. The van der Waals surface area contributed by atoms with E-state index in [9.17, 15) is 4.79 Å². The van der Waals surface area contributed by atoms with Gasteiger partial charge in [0.15, 0.2) is 0 Å². The molecule has 1 atom stereocenters. The number of aryl methyl sites for hydroxylation is 2. The van der Waals surface area contributed by atoms with E-state index in [4.69, 9.17) is 16.6 Å².